The van der Waals surface area contributed by atoms with Gasteiger partial charge >= 0.3 is 5.97 Å². The fourth-order valence-electron chi connectivity index (χ4n) is 1.01. The predicted octanol–water partition coefficient (Wildman–Crippen LogP) is 0.0411. The van der Waals surface area contributed by atoms with Crippen molar-refractivity contribution in [3.8, 4) is 12.3 Å². The van der Waals surface area contributed by atoms with Gasteiger partial charge in [-0.15, -0.1) is 6.42 Å². The van der Waals surface area contributed by atoms with Crippen molar-refractivity contribution in [2.24, 2.45) is 0 Å². The Morgan fingerprint density at radius 3 is 2.77 bits per heavy atom. The molecule has 0 saturated carbocycles. The van der Waals surface area contributed by atoms with Crippen LogP contribution in [0, 0.1) is 12.3 Å². The smallest absolute Gasteiger partial charge is 0.317 e. The number of nitrogens with zero attached hydrogens (tertiary/aromatic N) is 1. The molecular formula is C9H15NO3. The molecule has 0 aliphatic rings. The Balaban J connectivity index is 4.07. The lowest BCUT2D eigenvalue weighted by Crippen LogP contribution is -2.40. The lowest BCUT2D eigenvalue weighted by atomic mass is 10.3. The lowest BCUT2D eigenvalue weighted by molar-refractivity contribution is -0.138. The van der Waals surface area contributed by atoms with E-state index in [1.165, 1.54) is 0 Å². The van der Waals surface area contributed by atoms with Gasteiger partial charge in [-0.25, -0.2) is 0 Å². The third-order valence-electron chi connectivity index (χ3n) is 1.66. The molecule has 0 amide bonds. The number of terminal acetylenes is 1. The largest absolute Gasteiger partial charge is 0.480 e. The van der Waals surface area contributed by atoms with E-state index in [1.807, 2.05) is 6.92 Å². The number of ether oxygens (including phenoxy) is 1. The summed E-state index contributed by atoms with van der Waals surface area (Å²) in [6, 6.07) is 0.0251. The van der Waals surface area contributed by atoms with Crippen molar-refractivity contribution in [3.63, 3.8) is 0 Å². The molecule has 13 heavy (non-hydrogen) atoms. The van der Waals surface area contributed by atoms with Crippen molar-refractivity contribution in [3.05, 3.63) is 0 Å². The van der Waals surface area contributed by atoms with E-state index >= 15 is 0 Å². The molecule has 1 unspecified atom stereocenters. The Labute approximate surface area is 78.5 Å². The third-order valence-corrected chi connectivity index (χ3v) is 1.66. The average molecular weight is 185 g/mol. The average Bonchev–Trinajstić information content (AvgIpc) is 2.03. The maximum Gasteiger partial charge on any atom is 0.317 e. The monoisotopic (exact) mass is 185 g/mol. The molecule has 0 saturated heterocycles. The van der Waals surface area contributed by atoms with E-state index in [1.54, 1.807) is 12.0 Å². The van der Waals surface area contributed by atoms with Crippen LogP contribution in [-0.4, -0.2) is 48.8 Å². The molecule has 0 spiro atoms. The molecule has 1 atom stereocenters. The molecule has 74 valence electrons. The van der Waals surface area contributed by atoms with Gasteiger partial charge in [-0.1, -0.05) is 5.92 Å². The van der Waals surface area contributed by atoms with Gasteiger partial charge in [-0.05, 0) is 6.92 Å². The Hall–Kier alpha value is -1.05. The first-order chi connectivity index (χ1) is 6.11. The van der Waals surface area contributed by atoms with Gasteiger partial charge in [0.15, 0.2) is 0 Å². The molecular weight excluding hydrogens is 170 g/mol. The molecule has 0 radical (unpaired) electrons. The van der Waals surface area contributed by atoms with Crippen LogP contribution < -0.4 is 0 Å². The molecule has 0 aromatic carbocycles. The fraction of sp³-hybridized carbons (Fsp3) is 0.667. The number of carboxylic acid groups (broad SMARTS) is 1. The SMILES string of the molecule is C#CCN(CC(=O)O)C(C)COC. The number of methoxy groups -OCH3 is 1. The number of hydrogen-bond acceptors (Lipinski definition) is 3. The van der Waals surface area contributed by atoms with Crippen LogP contribution in [0.5, 0.6) is 0 Å². The fourth-order valence-corrected chi connectivity index (χ4v) is 1.01. The van der Waals surface area contributed by atoms with Gasteiger partial charge in [-0.3, -0.25) is 9.69 Å². The minimum Gasteiger partial charge on any atom is -0.480 e. The van der Waals surface area contributed by atoms with Gasteiger partial charge in [-0.2, -0.15) is 0 Å². The molecule has 0 rings (SSSR count). The minimum absolute atomic E-state index is 0.0251. The van der Waals surface area contributed by atoms with Crippen LogP contribution in [0.4, 0.5) is 0 Å². The minimum atomic E-state index is -0.877. The first-order valence-corrected chi connectivity index (χ1v) is 4.00. The van der Waals surface area contributed by atoms with Crippen molar-refractivity contribution < 1.29 is 14.6 Å². The molecule has 0 aliphatic carbocycles. The Bertz CT molecular complexity index is 198. The Morgan fingerprint density at radius 1 is 1.77 bits per heavy atom. The van der Waals surface area contributed by atoms with Crippen LogP contribution in [0.2, 0.25) is 0 Å². The standard InChI is InChI=1S/C9H15NO3/c1-4-5-10(6-9(11)12)8(2)7-13-3/h1,8H,5-7H2,2-3H3,(H,11,12). The quantitative estimate of drug-likeness (QED) is 0.594. The highest BCUT2D eigenvalue weighted by Gasteiger charge is 2.15. The van der Waals surface area contributed by atoms with E-state index in [0.717, 1.165) is 0 Å². The summed E-state index contributed by atoms with van der Waals surface area (Å²) in [6.45, 7) is 2.64. The van der Waals surface area contributed by atoms with E-state index in [2.05, 4.69) is 5.92 Å². The van der Waals surface area contributed by atoms with Gasteiger partial charge in [0, 0.05) is 13.2 Å². The van der Waals surface area contributed by atoms with Crippen LogP contribution in [0.25, 0.3) is 0 Å². The van der Waals surface area contributed by atoms with E-state index in [-0.39, 0.29) is 12.6 Å². The van der Waals surface area contributed by atoms with Crippen molar-refractivity contribution in [2.75, 3.05) is 26.8 Å². The van der Waals surface area contributed by atoms with Gasteiger partial charge < -0.3 is 9.84 Å². The van der Waals surface area contributed by atoms with Crippen LogP contribution in [0.15, 0.2) is 0 Å². The number of carbonyl (C=O) groups is 1. The second-order valence-corrected chi connectivity index (χ2v) is 2.81. The van der Waals surface area contributed by atoms with Crippen molar-refractivity contribution >= 4 is 5.97 Å². The van der Waals surface area contributed by atoms with Gasteiger partial charge in [0.25, 0.3) is 0 Å². The number of hydrogen-bond donors (Lipinski definition) is 1. The van der Waals surface area contributed by atoms with Gasteiger partial charge in [0.1, 0.15) is 0 Å². The number of rotatable bonds is 6. The summed E-state index contributed by atoms with van der Waals surface area (Å²) in [6.07, 6.45) is 5.11. The Kier molecular flexibility index (Phi) is 5.94. The molecule has 4 heteroatoms. The molecule has 0 bridgehead atoms. The van der Waals surface area contributed by atoms with Crippen LogP contribution in [0.3, 0.4) is 0 Å². The molecule has 0 fully saturated rings. The van der Waals surface area contributed by atoms with E-state index in [4.69, 9.17) is 16.3 Å². The number of carboxylic acids is 1. The van der Waals surface area contributed by atoms with Crippen LogP contribution in [-0.2, 0) is 9.53 Å². The first-order valence-electron chi connectivity index (χ1n) is 4.00. The van der Waals surface area contributed by atoms with Gasteiger partial charge in [0.2, 0.25) is 0 Å². The van der Waals surface area contributed by atoms with Crippen molar-refractivity contribution in [2.45, 2.75) is 13.0 Å². The first kappa shape index (κ1) is 11.9. The predicted molar refractivity (Wildman–Crippen MR) is 49.4 cm³/mol. The summed E-state index contributed by atoms with van der Waals surface area (Å²) >= 11 is 0. The molecule has 0 aliphatic heterocycles. The summed E-state index contributed by atoms with van der Waals surface area (Å²) in [5.74, 6) is 1.54. The highest BCUT2D eigenvalue weighted by Crippen LogP contribution is 1.98. The summed E-state index contributed by atoms with van der Waals surface area (Å²) < 4.78 is 4.91. The maximum atomic E-state index is 10.4. The highest BCUT2D eigenvalue weighted by molar-refractivity contribution is 5.69. The van der Waals surface area contributed by atoms with Gasteiger partial charge in [0.05, 0.1) is 19.7 Å². The zero-order valence-electron chi connectivity index (χ0n) is 7.99. The molecule has 1 N–H and O–H groups in total. The summed E-state index contributed by atoms with van der Waals surface area (Å²) in [5, 5.41) is 8.58. The zero-order valence-corrected chi connectivity index (χ0v) is 7.99. The number of aliphatic carboxylic acids is 1. The molecule has 0 aromatic rings. The lowest BCUT2D eigenvalue weighted by Gasteiger charge is -2.24. The summed E-state index contributed by atoms with van der Waals surface area (Å²) in [4.78, 5) is 12.1. The Morgan fingerprint density at radius 2 is 2.38 bits per heavy atom. The third kappa shape index (κ3) is 5.23. The van der Waals surface area contributed by atoms with E-state index < -0.39 is 5.97 Å². The summed E-state index contributed by atoms with van der Waals surface area (Å²) in [5.41, 5.74) is 0. The zero-order chi connectivity index (χ0) is 10.3. The maximum absolute atomic E-state index is 10.4. The topological polar surface area (TPSA) is 49.8 Å². The molecule has 0 aromatic heterocycles. The van der Waals surface area contributed by atoms with E-state index in [9.17, 15) is 4.79 Å². The van der Waals surface area contributed by atoms with Crippen LogP contribution >= 0.6 is 0 Å². The highest BCUT2D eigenvalue weighted by atomic mass is 16.5. The van der Waals surface area contributed by atoms with Crippen molar-refractivity contribution in [1.29, 1.82) is 0 Å². The van der Waals surface area contributed by atoms with E-state index in [0.29, 0.717) is 13.2 Å². The molecule has 4 nitrogen and oxygen atoms in total. The normalized spacial score (nSPS) is 12.5. The summed E-state index contributed by atoms with van der Waals surface area (Å²) in [7, 11) is 1.57. The second kappa shape index (κ2) is 6.46. The van der Waals surface area contributed by atoms with Crippen LogP contribution in [0.1, 0.15) is 6.92 Å². The van der Waals surface area contributed by atoms with Crippen molar-refractivity contribution in [1.82, 2.24) is 4.90 Å². The second-order valence-electron chi connectivity index (χ2n) is 2.81. The molecule has 0 heterocycles.